The molecule has 0 radical (unpaired) electrons. The summed E-state index contributed by atoms with van der Waals surface area (Å²) in [4.78, 5) is 12.3. The molecule has 0 aliphatic heterocycles. The molecule has 0 aliphatic carbocycles. The molecule has 3 rings (SSSR count). The van der Waals surface area contributed by atoms with E-state index in [1.54, 1.807) is 26.4 Å². The van der Waals surface area contributed by atoms with E-state index in [1.807, 2.05) is 27.1 Å². The first-order valence-electron chi connectivity index (χ1n) is 7.30. The van der Waals surface area contributed by atoms with E-state index in [2.05, 4.69) is 20.6 Å². The number of hydrogen-bond acceptors (Lipinski definition) is 4. The van der Waals surface area contributed by atoms with Crippen LogP contribution in [-0.4, -0.2) is 41.8 Å². The Kier molecular flexibility index (Phi) is 4.08. The monoisotopic (exact) mass is 335 g/mol. The second-order valence-electron chi connectivity index (χ2n) is 5.44. The number of nitrogens with one attached hydrogen (secondary N) is 1. The van der Waals surface area contributed by atoms with E-state index in [1.165, 1.54) is 0 Å². The lowest BCUT2D eigenvalue weighted by Gasteiger charge is -2.12. The average Bonchev–Trinajstić information content (AvgIpc) is 3.17. The highest BCUT2D eigenvalue weighted by Crippen LogP contribution is 2.17. The first-order valence-corrected chi connectivity index (χ1v) is 7.67. The molecule has 3 heterocycles. The number of halogens is 1. The number of carbonyl (C=O) groups is 1. The lowest BCUT2D eigenvalue weighted by Crippen LogP contribution is -2.33. The maximum absolute atomic E-state index is 12.3. The predicted octanol–water partition coefficient (Wildman–Crippen LogP) is 1.31. The molecule has 9 heteroatoms. The average molecular weight is 336 g/mol. The number of aryl methyl sites for hydroxylation is 2. The van der Waals surface area contributed by atoms with Gasteiger partial charge in [-0.1, -0.05) is 11.6 Å². The molecule has 3 aromatic heterocycles. The van der Waals surface area contributed by atoms with Crippen molar-refractivity contribution in [1.82, 2.24) is 34.7 Å². The second-order valence-corrected chi connectivity index (χ2v) is 5.88. The van der Waals surface area contributed by atoms with Crippen LogP contribution in [0.3, 0.4) is 0 Å². The summed E-state index contributed by atoms with van der Waals surface area (Å²) in [6.45, 7) is 4.76. The molecular formula is C14H18ClN7O. The number of nitrogens with zero attached hydrogens (tertiary/aromatic N) is 6. The zero-order valence-corrected chi connectivity index (χ0v) is 13.9. The number of hydrogen-bond donors (Lipinski definition) is 1. The minimum absolute atomic E-state index is 0.0957. The van der Waals surface area contributed by atoms with Gasteiger partial charge in [-0.05, 0) is 13.8 Å². The van der Waals surface area contributed by atoms with Gasteiger partial charge < -0.3 is 5.32 Å². The number of carbonyl (C=O) groups excluding carboxylic acids is 1. The first kappa shape index (κ1) is 15.5. The van der Waals surface area contributed by atoms with Crippen molar-refractivity contribution in [2.24, 2.45) is 7.05 Å². The van der Waals surface area contributed by atoms with Crippen molar-refractivity contribution in [3.8, 4) is 0 Å². The van der Waals surface area contributed by atoms with Gasteiger partial charge >= 0.3 is 0 Å². The van der Waals surface area contributed by atoms with E-state index < -0.39 is 6.04 Å². The van der Waals surface area contributed by atoms with Gasteiger partial charge in [-0.25, -0.2) is 0 Å². The largest absolute Gasteiger partial charge is 0.352 e. The van der Waals surface area contributed by atoms with Gasteiger partial charge in [0.2, 0.25) is 5.91 Å². The van der Waals surface area contributed by atoms with Gasteiger partial charge in [-0.3, -0.25) is 18.8 Å². The highest BCUT2D eigenvalue weighted by atomic mass is 35.5. The van der Waals surface area contributed by atoms with Crippen LogP contribution in [0.15, 0.2) is 18.6 Å². The molecule has 1 atom stereocenters. The molecule has 0 aliphatic rings. The Morgan fingerprint density at radius 2 is 2.17 bits per heavy atom. The summed E-state index contributed by atoms with van der Waals surface area (Å²) in [6.07, 6.45) is 5.12. The van der Waals surface area contributed by atoms with Gasteiger partial charge in [0.05, 0.1) is 29.7 Å². The Hall–Kier alpha value is -2.35. The molecule has 122 valence electrons. The van der Waals surface area contributed by atoms with Crippen LogP contribution in [0.1, 0.15) is 18.7 Å². The van der Waals surface area contributed by atoms with Crippen molar-refractivity contribution in [2.75, 3.05) is 6.54 Å². The highest BCUT2D eigenvalue weighted by molar-refractivity contribution is 6.30. The van der Waals surface area contributed by atoms with Gasteiger partial charge in [0.25, 0.3) is 0 Å². The van der Waals surface area contributed by atoms with Crippen LogP contribution < -0.4 is 5.32 Å². The molecule has 0 bridgehead atoms. The third kappa shape index (κ3) is 3.07. The van der Waals surface area contributed by atoms with Crippen LogP contribution in [0.4, 0.5) is 0 Å². The van der Waals surface area contributed by atoms with Crippen molar-refractivity contribution in [3.05, 3.63) is 29.3 Å². The zero-order valence-electron chi connectivity index (χ0n) is 13.2. The minimum Gasteiger partial charge on any atom is -0.352 e. The molecule has 0 fully saturated rings. The summed E-state index contributed by atoms with van der Waals surface area (Å²) in [7, 11) is 1.86. The quantitative estimate of drug-likeness (QED) is 0.762. The summed E-state index contributed by atoms with van der Waals surface area (Å²) < 4.78 is 5.12. The molecule has 0 spiro atoms. The molecule has 3 aromatic rings. The van der Waals surface area contributed by atoms with Gasteiger partial charge in [-0.15, -0.1) is 0 Å². The van der Waals surface area contributed by atoms with Crippen LogP contribution >= 0.6 is 11.6 Å². The Labute approximate surface area is 138 Å². The second kappa shape index (κ2) is 6.04. The molecule has 1 amide bonds. The molecule has 0 saturated carbocycles. The topological polar surface area (TPSA) is 82.6 Å². The summed E-state index contributed by atoms with van der Waals surface area (Å²) >= 11 is 5.80. The third-order valence-corrected chi connectivity index (χ3v) is 3.92. The third-order valence-electron chi connectivity index (χ3n) is 3.72. The number of aromatic nitrogens is 6. The highest BCUT2D eigenvalue weighted by Gasteiger charge is 2.18. The Bertz CT molecular complexity index is 812. The molecule has 1 N–H and O–H groups in total. The molecule has 0 saturated heterocycles. The summed E-state index contributed by atoms with van der Waals surface area (Å²) in [5.74, 6) is -0.0957. The number of rotatable bonds is 5. The van der Waals surface area contributed by atoms with Crippen molar-refractivity contribution in [1.29, 1.82) is 0 Å². The van der Waals surface area contributed by atoms with Gasteiger partial charge in [-0.2, -0.15) is 15.3 Å². The molecule has 1 unspecified atom stereocenters. The Morgan fingerprint density at radius 3 is 2.83 bits per heavy atom. The molecule has 8 nitrogen and oxygen atoms in total. The fourth-order valence-electron chi connectivity index (χ4n) is 2.42. The molecule has 23 heavy (non-hydrogen) atoms. The maximum Gasteiger partial charge on any atom is 0.244 e. The van der Waals surface area contributed by atoms with E-state index in [0.29, 0.717) is 18.1 Å². The lowest BCUT2D eigenvalue weighted by atomic mass is 10.3. The van der Waals surface area contributed by atoms with Crippen LogP contribution in [0.25, 0.3) is 11.0 Å². The fourth-order valence-corrected chi connectivity index (χ4v) is 2.58. The van der Waals surface area contributed by atoms with Crippen molar-refractivity contribution in [3.63, 3.8) is 0 Å². The van der Waals surface area contributed by atoms with E-state index in [0.717, 1.165) is 16.7 Å². The van der Waals surface area contributed by atoms with E-state index in [-0.39, 0.29) is 5.91 Å². The SMILES string of the molecule is Cc1nn(C)c2cn(C(C)C(=O)NCCn3cc(Cl)cn3)nc12. The molecular weight excluding hydrogens is 318 g/mol. The van der Waals surface area contributed by atoms with Crippen molar-refractivity contribution >= 4 is 28.5 Å². The van der Waals surface area contributed by atoms with E-state index >= 15 is 0 Å². The summed E-state index contributed by atoms with van der Waals surface area (Å²) in [5, 5.41) is 16.3. The maximum atomic E-state index is 12.3. The normalized spacial score (nSPS) is 12.7. The van der Waals surface area contributed by atoms with E-state index in [4.69, 9.17) is 11.6 Å². The molecule has 0 aromatic carbocycles. The predicted molar refractivity (Wildman–Crippen MR) is 86.2 cm³/mol. The smallest absolute Gasteiger partial charge is 0.244 e. The van der Waals surface area contributed by atoms with Crippen LogP contribution in [0, 0.1) is 6.92 Å². The minimum atomic E-state index is -0.400. The summed E-state index contributed by atoms with van der Waals surface area (Å²) in [6, 6.07) is -0.400. The van der Waals surface area contributed by atoms with Gasteiger partial charge in [0, 0.05) is 19.8 Å². The van der Waals surface area contributed by atoms with Crippen molar-refractivity contribution in [2.45, 2.75) is 26.4 Å². The summed E-state index contributed by atoms with van der Waals surface area (Å²) in [5.41, 5.74) is 2.58. The number of amides is 1. The van der Waals surface area contributed by atoms with Crippen LogP contribution in [0.2, 0.25) is 5.02 Å². The van der Waals surface area contributed by atoms with Crippen molar-refractivity contribution < 1.29 is 4.79 Å². The fraction of sp³-hybridized carbons (Fsp3) is 0.429. The number of fused-ring (bicyclic) bond motifs is 1. The van der Waals surface area contributed by atoms with Gasteiger partial charge in [0.15, 0.2) is 0 Å². The lowest BCUT2D eigenvalue weighted by molar-refractivity contribution is -0.124. The Morgan fingerprint density at radius 1 is 1.39 bits per heavy atom. The van der Waals surface area contributed by atoms with Gasteiger partial charge in [0.1, 0.15) is 17.1 Å². The van der Waals surface area contributed by atoms with E-state index in [9.17, 15) is 4.79 Å². The zero-order chi connectivity index (χ0) is 16.6. The van der Waals surface area contributed by atoms with Crippen LogP contribution in [0.5, 0.6) is 0 Å². The standard InChI is InChI=1S/C14H18ClN7O/c1-9-13-12(20(3)18-9)8-22(19-13)10(2)14(23)16-4-5-21-7-11(15)6-17-21/h6-8,10H,4-5H2,1-3H3,(H,16,23). The Balaban J connectivity index is 1.62. The van der Waals surface area contributed by atoms with Crippen LogP contribution in [-0.2, 0) is 18.4 Å². The first-order chi connectivity index (χ1) is 11.0.